The molecule has 0 bridgehead atoms. The summed E-state index contributed by atoms with van der Waals surface area (Å²) in [5.41, 5.74) is 2.35. The van der Waals surface area contributed by atoms with Gasteiger partial charge in [-0.1, -0.05) is 35.3 Å². The van der Waals surface area contributed by atoms with E-state index in [4.69, 9.17) is 33.4 Å². The molecule has 2 heterocycles. The van der Waals surface area contributed by atoms with Gasteiger partial charge >= 0.3 is 0 Å². The minimum absolute atomic E-state index is 0.0571. The smallest absolute Gasteiger partial charge is 0.162 e. The van der Waals surface area contributed by atoms with Crippen LogP contribution in [0.5, 0.6) is 0 Å². The van der Waals surface area contributed by atoms with Crippen LogP contribution >= 0.6 is 46.1 Å². The Morgan fingerprint density at radius 1 is 1.25 bits per heavy atom. The minimum Gasteiger partial charge on any atom is -0.366 e. The van der Waals surface area contributed by atoms with Crippen LogP contribution in [0.2, 0.25) is 10.2 Å². The maximum absolute atomic E-state index is 9.16. The van der Waals surface area contributed by atoms with Gasteiger partial charge in [-0.25, -0.2) is 4.98 Å². The monoisotopic (exact) mass is 394 g/mol. The van der Waals surface area contributed by atoms with Crippen LogP contribution in [0.15, 0.2) is 24.3 Å². The molecule has 1 unspecified atom stereocenters. The molecule has 0 saturated heterocycles. The molecule has 122 valence electrons. The molecule has 0 fully saturated rings. The van der Waals surface area contributed by atoms with Crippen LogP contribution in [-0.2, 0) is 0 Å². The first-order valence-corrected chi connectivity index (χ1v) is 9.39. The minimum atomic E-state index is -0.0571. The Labute approximate surface area is 157 Å². The Balaban J connectivity index is 1.86. The third kappa shape index (κ3) is 3.40. The zero-order chi connectivity index (χ0) is 17.3. The van der Waals surface area contributed by atoms with Gasteiger partial charge in [-0.15, -0.1) is 11.3 Å². The first-order chi connectivity index (χ1) is 11.5. The Hall–Kier alpha value is -1.65. The van der Waals surface area contributed by atoms with E-state index in [1.807, 2.05) is 38.1 Å². The van der Waals surface area contributed by atoms with Gasteiger partial charge in [-0.3, -0.25) is 0 Å². The second-order valence-corrected chi connectivity index (χ2v) is 7.92. The van der Waals surface area contributed by atoms with Gasteiger partial charge in [-0.05, 0) is 37.5 Å². The molecule has 1 N–H and O–H groups in total. The lowest BCUT2D eigenvalue weighted by atomic mass is 10.1. The number of nitrogens with one attached hydrogen (secondary N) is 1. The number of nitriles is 1. The summed E-state index contributed by atoms with van der Waals surface area (Å²) >= 11 is 14.7. The quantitative estimate of drug-likeness (QED) is 0.595. The molecule has 0 radical (unpaired) electrons. The Kier molecular flexibility index (Phi) is 5.07. The standard InChI is InChI=1S/C16H12Cl2N4S2/c1-8(20-16-12(7-19)14(18)22-24-16)15-21-13(9(2)23-15)10-3-5-11(17)6-4-10/h3-6,8,20H,1-2H3. The van der Waals surface area contributed by atoms with Crippen LogP contribution < -0.4 is 5.32 Å². The first kappa shape index (κ1) is 17.2. The number of hydrogen-bond donors (Lipinski definition) is 1. The molecule has 2 aromatic heterocycles. The van der Waals surface area contributed by atoms with E-state index in [9.17, 15) is 0 Å². The molecule has 0 aliphatic heterocycles. The molecule has 3 aromatic rings. The van der Waals surface area contributed by atoms with Gasteiger partial charge in [-0.2, -0.15) is 9.64 Å². The molecule has 0 aliphatic rings. The molecule has 4 nitrogen and oxygen atoms in total. The molecule has 0 amide bonds. The highest BCUT2D eigenvalue weighted by molar-refractivity contribution is 7.12. The van der Waals surface area contributed by atoms with E-state index >= 15 is 0 Å². The summed E-state index contributed by atoms with van der Waals surface area (Å²) in [6.07, 6.45) is 0. The number of hydrogen-bond acceptors (Lipinski definition) is 6. The number of nitrogens with zero attached hydrogens (tertiary/aromatic N) is 3. The SMILES string of the molecule is Cc1sc(C(C)Nc2snc(Cl)c2C#N)nc1-c1ccc(Cl)cc1. The zero-order valence-electron chi connectivity index (χ0n) is 12.8. The number of aromatic nitrogens is 2. The molecule has 8 heteroatoms. The Bertz CT molecular complexity index is 909. The number of benzene rings is 1. The van der Waals surface area contributed by atoms with Crippen molar-refractivity contribution in [2.24, 2.45) is 0 Å². The summed E-state index contributed by atoms with van der Waals surface area (Å²) in [6.45, 7) is 4.04. The fourth-order valence-corrected chi connectivity index (χ4v) is 4.30. The fourth-order valence-electron chi connectivity index (χ4n) is 2.20. The van der Waals surface area contributed by atoms with Crippen molar-refractivity contribution in [3.63, 3.8) is 0 Å². The summed E-state index contributed by atoms with van der Waals surface area (Å²) in [5, 5.41) is 15.0. The van der Waals surface area contributed by atoms with Gasteiger partial charge in [0.15, 0.2) is 5.15 Å². The van der Waals surface area contributed by atoms with Crippen molar-refractivity contribution in [2.45, 2.75) is 19.9 Å². The highest BCUT2D eigenvalue weighted by atomic mass is 35.5. The number of aryl methyl sites for hydroxylation is 1. The molecule has 0 aliphatic carbocycles. The summed E-state index contributed by atoms with van der Waals surface area (Å²) in [6, 6.07) is 9.65. The van der Waals surface area contributed by atoms with Crippen molar-refractivity contribution in [3.8, 4) is 17.3 Å². The molecule has 1 aromatic carbocycles. The lowest BCUT2D eigenvalue weighted by Gasteiger charge is -2.10. The van der Waals surface area contributed by atoms with Crippen molar-refractivity contribution < 1.29 is 0 Å². The molecular weight excluding hydrogens is 383 g/mol. The normalized spacial score (nSPS) is 12.0. The van der Waals surface area contributed by atoms with Gasteiger partial charge in [0.1, 0.15) is 21.6 Å². The lowest BCUT2D eigenvalue weighted by Crippen LogP contribution is -2.06. The zero-order valence-corrected chi connectivity index (χ0v) is 15.9. The van der Waals surface area contributed by atoms with Gasteiger partial charge in [0, 0.05) is 15.5 Å². The second kappa shape index (κ2) is 7.08. The van der Waals surface area contributed by atoms with E-state index in [1.165, 1.54) is 11.5 Å². The molecular formula is C16H12Cl2N4S2. The Morgan fingerprint density at radius 3 is 2.62 bits per heavy atom. The van der Waals surface area contributed by atoms with Crippen molar-refractivity contribution in [1.82, 2.24) is 9.36 Å². The average molecular weight is 395 g/mol. The first-order valence-electron chi connectivity index (χ1n) is 7.04. The predicted molar refractivity (Wildman–Crippen MR) is 101 cm³/mol. The molecule has 0 spiro atoms. The van der Waals surface area contributed by atoms with Crippen LogP contribution in [0.4, 0.5) is 5.00 Å². The van der Waals surface area contributed by atoms with Crippen molar-refractivity contribution in [2.75, 3.05) is 5.32 Å². The van der Waals surface area contributed by atoms with Gasteiger partial charge in [0.25, 0.3) is 0 Å². The lowest BCUT2D eigenvalue weighted by molar-refractivity contribution is 0.874. The van der Waals surface area contributed by atoms with Crippen LogP contribution in [0.25, 0.3) is 11.3 Å². The van der Waals surface area contributed by atoms with Crippen molar-refractivity contribution in [3.05, 3.63) is 49.9 Å². The van der Waals surface area contributed by atoms with E-state index in [2.05, 4.69) is 15.8 Å². The van der Waals surface area contributed by atoms with E-state index in [0.717, 1.165) is 21.1 Å². The van der Waals surface area contributed by atoms with Crippen molar-refractivity contribution in [1.29, 1.82) is 5.26 Å². The maximum atomic E-state index is 9.16. The van der Waals surface area contributed by atoms with E-state index < -0.39 is 0 Å². The average Bonchev–Trinajstić information content (AvgIpc) is 3.11. The highest BCUT2D eigenvalue weighted by Gasteiger charge is 2.18. The van der Waals surface area contributed by atoms with Crippen LogP contribution in [0.1, 0.15) is 28.4 Å². The Morgan fingerprint density at radius 2 is 1.96 bits per heavy atom. The molecule has 1 atom stereocenters. The van der Waals surface area contributed by atoms with Crippen LogP contribution in [-0.4, -0.2) is 9.36 Å². The topological polar surface area (TPSA) is 61.6 Å². The number of anilines is 1. The number of halogens is 2. The largest absolute Gasteiger partial charge is 0.366 e. The highest BCUT2D eigenvalue weighted by Crippen LogP contribution is 2.35. The predicted octanol–water partition coefficient (Wildman–Crippen LogP) is 5.93. The van der Waals surface area contributed by atoms with E-state index in [1.54, 1.807) is 11.3 Å². The molecule has 3 rings (SSSR count). The van der Waals surface area contributed by atoms with Crippen LogP contribution in [0.3, 0.4) is 0 Å². The van der Waals surface area contributed by atoms with Gasteiger partial charge in [0.2, 0.25) is 0 Å². The third-order valence-electron chi connectivity index (χ3n) is 3.41. The van der Waals surface area contributed by atoms with E-state index in [0.29, 0.717) is 15.6 Å². The molecule has 0 saturated carbocycles. The van der Waals surface area contributed by atoms with Crippen molar-refractivity contribution >= 4 is 51.1 Å². The van der Waals surface area contributed by atoms with Crippen LogP contribution in [0, 0.1) is 18.3 Å². The second-order valence-electron chi connectivity index (χ2n) is 5.12. The van der Waals surface area contributed by atoms with Gasteiger partial charge in [0.05, 0.1) is 11.7 Å². The van der Waals surface area contributed by atoms with Gasteiger partial charge < -0.3 is 5.32 Å². The summed E-state index contributed by atoms with van der Waals surface area (Å²) in [5.74, 6) is 0. The van der Waals surface area contributed by atoms with E-state index in [-0.39, 0.29) is 11.2 Å². The summed E-state index contributed by atoms with van der Waals surface area (Å²) < 4.78 is 4.01. The third-order valence-corrected chi connectivity index (χ3v) is 5.97. The summed E-state index contributed by atoms with van der Waals surface area (Å²) in [4.78, 5) is 5.88. The molecule has 24 heavy (non-hydrogen) atoms. The summed E-state index contributed by atoms with van der Waals surface area (Å²) in [7, 11) is 0. The number of rotatable bonds is 4. The maximum Gasteiger partial charge on any atom is 0.162 e. The fraction of sp³-hybridized carbons (Fsp3) is 0.188. The number of thiazole rings is 1.